The van der Waals surface area contributed by atoms with E-state index in [2.05, 4.69) is 5.32 Å². The highest BCUT2D eigenvalue weighted by Crippen LogP contribution is 2.25. The summed E-state index contributed by atoms with van der Waals surface area (Å²) < 4.78 is 5.62. The molecular formula is C14H24N2O4. The van der Waals surface area contributed by atoms with E-state index in [1.165, 1.54) is 4.90 Å². The predicted molar refractivity (Wildman–Crippen MR) is 73.5 cm³/mol. The van der Waals surface area contributed by atoms with Crippen LogP contribution in [0.2, 0.25) is 0 Å². The number of aliphatic carboxylic acids is 1. The molecule has 0 aliphatic carbocycles. The largest absolute Gasteiger partial charge is 0.480 e. The minimum atomic E-state index is -0.921. The molecule has 2 amide bonds. The first-order valence-corrected chi connectivity index (χ1v) is 7.32. The zero-order valence-corrected chi connectivity index (χ0v) is 12.2. The van der Waals surface area contributed by atoms with Crippen molar-refractivity contribution in [3.63, 3.8) is 0 Å². The molecule has 0 spiro atoms. The van der Waals surface area contributed by atoms with E-state index in [4.69, 9.17) is 4.74 Å². The van der Waals surface area contributed by atoms with Gasteiger partial charge in [0.1, 0.15) is 6.04 Å². The summed E-state index contributed by atoms with van der Waals surface area (Å²) in [6.07, 6.45) is 3.31. The second kappa shape index (κ2) is 5.99. The molecule has 2 saturated heterocycles. The number of carboxylic acids is 1. The SMILES string of the molecule is CC1CCN(C(=O)NCC2(C)CCCO2)C(C(=O)O)C1. The summed E-state index contributed by atoms with van der Waals surface area (Å²) in [7, 11) is 0. The van der Waals surface area contributed by atoms with Crippen molar-refractivity contribution in [1.29, 1.82) is 0 Å². The molecule has 3 atom stereocenters. The van der Waals surface area contributed by atoms with E-state index in [1.54, 1.807) is 0 Å². The van der Waals surface area contributed by atoms with Gasteiger partial charge in [-0.3, -0.25) is 0 Å². The first kappa shape index (κ1) is 15.1. The summed E-state index contributed by atoms with van der Waals surface area (Å²) >= 11 is 0. The Morgan fingerprint density at radius 3 is 2.85 bits per heavy atom. The van der Waals surface area contributed by atoms with E-state index in [9.17, 15) is 14.7 Å². The number of carboxylic acid groups (broad SMARTS) is 1. The van der Waals surface area contributed by atoms with Gasteiger partial charge in [0.05, 0.1) is 5.60 Å². The number of hydrogen-bond acceptors (Lipinski definition) is 3. The third-order valence-electron chi connectivity index (χ3n) is 4.32. The number of carbonyl (C=O) groups is 2. The average Bonchev–Trinajstić information content (AvgIpc) is 2.83. The van der Waals surface area contributed by atoms with Crippen molar-refractivity contribution < 1.29 is 19.4 Å². The molecule has 6 heteroatoms. The summed E-state index contributed by atoms with van der Waals surface area (Å²) in [5, 5.41) is 12.1. The Balaban J connectivity index is 1.91. The quantitative estimate of drug-likeness (QED) is 0.822. The minimum absolute atomic E-state index is 0.291. The fraction of sp³-hybridized carbons (Fsp3) is 0.857. The maximum atomic E-state index is 12.2. The van der Waals surface area contributed by atoms with Crippen molar-refractivity contribution in [2.75, 3.05) is 19.7 Å². The van der Waals surface area contributed by atoms with Crippen molar-refractivity contribution in [1.82, 2.24) is 10.2 Å². The number of piperidine rings is 1. The van der Waals surface area contributed by atoms with E-state index in [0.717, 1.165) is 25.9 Å². The molecule has 2 N–H and O–H groups in total. The van der Waals surface area contributed by atoms with E-state index in [1.807, 2.05) is 13.8 Å². The molecule has 0 radical (unpaired) electrons. The lowest BCUT2D eigenvalue weighted by atomic mass is 9.93. The number of rotatable bonds is 3. The molecule has 2 aliphatic heterocycles. The fourth-order valence-electron chi connectivity index (χ4n) is 2.96. The monoisotopic (exact) mass is 284 g/mol. The molecule has 2 rings (SSSR count). The molecule has 0 aromatic heterocycles. The van der Waals surface area contributed by atoms with E-state index in [0.29, 0.717) is 25.4 Å². The summed E-state index contributed by atoms with van der Waals surface area (Å²) in [4.78, 5) is 25.0. The fourth-order valence-corrected chi connectivity index (χ4v) is 2.96. The Labute approximate surface area is 119 Å². The maximum absolute atomic E-state index is 12.2. The number of hydrogen-bond donors (Lipinski definition) is 2. The molecule has 0 aromatic carbocycles. The van der Waals surface area contributed by atoms with Gasteiger partial charge in [-0.25, -0.2) is 9.59 Å². The van der Waals surface area contributed by atoms with Crippen LogP contribution in [0.15, 0.2) is 0 Å². The Morgan fingerprint density at radius 2 is 2.25 bits per heavy atom. The van der Waals surface area contributed by atoms with Crippen LogP contribution in [0, 0.1) is 5.92 Å². The molecule has 114 valence electrons. The van der Waals surface area contributed by atoms with Gasteiger partial charge in [-0.1, -0.05) is 6.92 Å². The van der Waals surface area contributed by atoms with Gasteiger partial charge >= 0.3 is 12.0 Å². The molecule has 6 nitrogen and oxygen atoms in total. The molecule has 0 aromatic rings. The van der Waals surface area contributed by atoms with Gasteiger partial charge in [-0.2, -0.15) is 0 Å². The number of nitrogens with zero attached hydrogens (tertiary/aromatic N) is 1. The van der Waals surface area contributed by atoms with Gasteiger partial charge in [-0.05, 0) is 38.5 Å². The minimum Gasteiger partial charge on any atom is -0.480 e. The molecular weight excluding hydrogens is 260 g/mol. The number of nitrogens with one attached hydrogen (secondary N) is 1. The van der Waals surface area contributed by atoms with Gasteiger partial charge < -0.3 is 20.1 Å². The Morgan fingerprint density at radius 1 is 1.50 bits per heavy atom. The van der Waals surface area contributed by atoms with Crippen molar-refractivity contribution in [2.45, 2.75) is 51.2 Å². The first-order chi connectivity index (χ1) is 9.41. The molecule has 0 saturated carbocycles. The Kier molecular flexibility index (Phi) is 4.52. The van der Waals surface area contributed by atoms with Crippen LogP contribution in [-0.4, -0.2) is 53.3 Å². The van der Waals surface area contributed by atoms with Crippen LogP contribution < -0.4 is 5.32 Å². The maximum Gasteiger partial charge on any atom is 0.326 e. The number of carbonyl (C=O) groups excluding carboxylic acids is 1. The second-order valence-corrected chi connectivity index (χ2v) is 6.24. The summed E-state index contributed by atoms with van der Waals surface area (Å²) in [5.74, 6) is -0.578. The van der Waals surface area contributed by atoms with Crippen LogP contribution in [0.4, 0.5) is 4.79 Å². The topological polar surface area (TPSA) is 78.9 Å². The highest BCUT2D eigenvalue weighted by Gasteiger charge is 2.36. The van der Waals surface area contributed by atoms with Gasteiger partial charge in [0.2, 0.25) is 0 Å². The summed E-state index contributed by atoms with van der Waals surface area (Å²) in [6, 6.07) is -1.00. The van der Waals surface area contributed by atoms with Crippen molar-refractivity contribution in [3.8, 4) is 0 Å². The Bertz CT molecular complexity index is 379. The number of urea groups is 1. The highest BCUT2D eigenvalue weighted by molar-refractivity contribution is 5.82. The van der Waals surface area contributed by atoms with E-state index in [-0.39, 0.29) is 11.6 Å². The number of ether oxygens (including phenoxy) is 1. The second-order valence-electron chi connectivity index (χ2n) is 6.24. The highest BCUT2D eigenvalue weighted by atomic mass is 16.5. The van der Waals surface area contributed by atoms with Gasteiger partial charge in [-0.15, -0.1) is 0 Å². The molecule has 2 heterocycles. The average molecular weight is 284 g/mol. The third-order valence-corrected chi connectivity index (χ3v) is 4.32. The molecule has 3 unspecified atom stereocenters. The standard InChI is InChI=1S/C14H24N2O4/c1-10-4-6-16(11(8-10)12(17)18)13(19)15-9-14(2)5-3-7-20-14/h10-11H,3-9H2,1-2H3,(H,15,19)(H,17,18). The summed E-state index contributed by atoms with van der Waals surface area (Å²) in [6.45, 7) is 5.67. The van der Waals surface area contributed by atoms with E-state index >= 15 is 0 Å². The Hall–Kier alpha value is -1.30. The van der Waals surface area contributed by atoms with Crippen LogP contribution in [0.5, 0.6) is 0 Å². The lowest BCUT2D eigenvalue weighted by molar-refractivity contribution is -0.143. The normalized spacial score (nSPS) is 34.0. The molecule has 0 bridgehead atoms. The lowest BCUT2D eigenvalue weighted by Gasteiger charge is -2.36. The van der Waals surface area contributed by atoms with Crippen molar-refractivity contribution in [3.05, 3.63) is 0 Å². The predicted octanol–water partition coefficient (Wildman–Crippen LogP) is 1.45. The van der Waals surface area contributed by atoms with Gasteiger partial charge in [0.25, 0.3) is 0 Å². The van der Waals surface area contributed by atoms with Crippen LogP contribution in [0.25, 0.3) is 0 Å². The number of likely N-dealkylation sites (tertiary alicyclic amines) is 1. The zero-order valence-electron chi connectivity index (χ0n) is 12.2. The van der Waals surface area contributed by atoms with Crippen LogP contribution in [0.3, 0.4) is 0 Å². The van der Waals surface area contributed by atoms with Crippen molar-refractivity contribution in [2.24, 2.45) is 5.92 Å². The van der Waals surface area contributed by atoms with Crippen LogP contribution in [0.1, 0.15) is 39.5 Å². The smallest absolute Gasteiger partial charge is 0.326 e. The molecule has 20 heavy (non-hydrogen) atoms. The first-order valence-electron chi connectivity index (χ1n) is 7.32. The van der Waals surface area contributed by atoms with Crippen molar-refractivity contribution >= 4 is 12.0 Å². The molecule has 2 aliphatic rings. The van der Waals surface area contributed by atoms with E-state index < -0.39 is 12.0 Å². The summed E-state index contributed by atoms with van der Waals surface area (Å²) in [5.41, 5.74) is -0.308. The molecule has 2 fully saturated rings. The van der Waals surface area contributed by atoms with Gasteiger partial charge in [0, 0.05) is 19.7 Å². The zero-order chi connectivity index (χ0) is 14.8. The third kappa shape index (κ3) is 3.42. The van der Waals surface area contributed by atoms with Gasteiger partial charge in [0.15, 0.2) is 0 Å². The lowest BCUT2D eigenvalue weighted by Crippen LogP contribution is -2.55. The number of amides is 2. The van der Waals surface area contributed by atoms with Crippen LogP contribution in [-0.2, 0) is 9.53 Å². The van der Waals surface area contributed by atoms with Crippen LogP contribution >= 0.6 is 0 Å².